The average molecular weight is 325 g/mol. The first-order valence-electron chi connectivity index (χ1n) is 7.79. The Morgan fingerprint density at radius 3 is 2.42 bits per heavy atom. The number of aromatic nitrogens is 1. The first-order valence-corrected chi connectivity index (χ1v) is 7.79. The minimum Gasteiger partial charge on any atom is -0.362 e. The summed E-state index contributed by atoms with van der Waals surface area (Å²) in [5.41, 5.74) is 2.77. The molecule has 1 N–H and O–H groups in total. The molecule has 6 nitrogen and oxygen atoms in total. The van der Waals surface area contributed by atoms with E-state index in [1.807, 2.05) is 13.0 Å². The van der Waals surface area contributed by atoms with E-state index in [4.69, 9.17) is 0 Å². The highest BCUT2D eigenvalue weighted by molar-refractivity contribution is 6.16. The zero-order valence-electron chi connectivity index (χ0n) is 13.9. The standard InChI is InChI=1S/C18H19N3O3/c1-11-9-15(12(2)19-11)16(22)10-20-17(23)13(3)21(18(20)24)14-7-5-4-6-8-14/h4-9,13,19H,10H2,1-3H3/t13-/m1/s1. The highest BCUT2D eigenvalue weighted by Crippen LogP contribution is 2.25. The monoisotopic (exact) mass is 325 g/mol. The summed E-state index contributed by atoms with van der Waals surface area (Å²) in [6, 6.07) is 9.65. The molecule has 124 valence electrons. The number of carbonyl (C=O) groups excluding carboxylic acids is 3. The molecule has 1 aromatic carbocycles. The number of para-hydroxylation sites is 1. The predicted octanol–water partition coefficient (Wildman–Crippen LogP) is 2.67. The smallest absolute Gasteiger partial charge is 0.332 e. The van der Waals surface area contributed by atoms with Gasteiger partial charge in [-0.15, -0.1) is 0 Å². The number of urea groups is 1. The number of nitrogens with one attached hydrogen (secondary N) is 1. The Bertz CT molecular complexity index is 810. The summed E-state index contributed by atoms with van der Waals surface area (Å²) < 4.78 is 0. The van der Waals surface area contributed by atoms with E-state index in [2.05, 4.69) is 4.98 Å². The molecule has 1 aliphatic heterocycles. The van der Waals surface area contributed by atoms with Crippen molar-refractivity contribution in [3.63, 3.8) is 0 Å². The van der Waals surface area contributed by atoms with Crippen LogP contribution in [0, 0.1) is 13.8 Å². The van der Waals surface area contributed by atoms with Crippen LogP contribution in [0.1, 0.15) is 28.7 Å². The fraction of sp³-hybridized carbons (Fsp3) is 0.278. The Morgan fingerprint density at radius 2 is 1.83 bits per heavy atom. The molecule has 6 heteroatoms. The van der Waals surface area contributed by atoms with E-state index in [9.17, 15) is 14.4 Å². The van der Waals surface area contributed by atoms with Gasteiger partial charge in [0.2, 0.25) is 0 Å². The van der Waals surface area contributed by atoms with Crippen LogP contribution in [0.25, 0.3) is 0 Å². The van der Waals surface area contributed by atoms with Crippen molar-refractivity contribution in [3.8, 4) is 0 Å². The third-order valence-corrected chi connectivity index (χ3v) is 4.23. The number of aromatic amines is 1. The van der Waals surface area contributed by atoms with E-state index >= 15 is 0 Å². The number of carbonyl (C=O) groups is 3. The Hall–Kier alpha value is -2.89. The molecule has 0 aliphatic carbocycles. The first-order chi connectivity index (χ1) is 11.4. The normalized spacial score (nSPS) is 17.7. The lowest BCUT2D eigenvalue weighted by molar-refractivity contribution is -0.126. The van der Waals surface area contributed by atoms with Crippen molar-refractivity contribution in [2.75, 3.05) is 11.4 Å². The van der Waals surface area contributed by atoms with E-state index in [0.717, 1.165) is 16.3 Å². The number of aryl methyl sites for hydroxylation is 2. The van der Waals surface area contributed by atoms with Crippen LogP contribution in [0.15, 0.2) is 36.4 Å². The molecule has 0 spiro atoms. The van der Waals surface area contributed by atoms with Gasteiger partial charge in [0.15, 0.2) is 5.78 Å². The van der Waals surface area contributed by atoms with Crippen molar-refractivity contribution < 1.29 is 14.4 Å². The number of hydrogen-bond donors (Lipinski definition) is 1. The zero-order valence-corrected chi connectivity index (χ0v) is 13.9. The Labute approximate surface area is 140 Å². The number of Topliss-reactive ketones (excluding diaryl/α,β-unsaturated/α-hetero) is 1. The highest BCUT2D eigenvalue weighted by Gasteiger charge is 2.44. The van der Waals surface area contributed by atoms with Crippen molar-refractivity contribution in [2.24, 2.45) is 0 Å². The van der Waals surface area contributed by atoms with Crippen LogP contribution in [0.3, 0.4) is 0 Å². The van der Waals surface area contributed by atoms with Gasteiger partial charge in [0, 0.05) is 22.6 Å². The third kappa shape index (κ3) is 2.60. The quantitative estimate of drug-likeness (QED) is 0.694. The van der Waals surface area contributed by atoms with Crippen molar-refractivity contribution >= 4 is 23.4 Å². The minimum atomic E-state index is -0.623. The number of rotatable bonds is 4. The van der Waals surface area contributed by atoms with Gasteiger partial charge in [0.05, 0.1) is 6.54 Å². The van der Waals surface area contributed by atoms with Crippen LogP contribution in [-0.4, -0.2) is 40.2 Å². The molecular weight excluding hydrogens is 306 g/mol. The number of ketones is 1. The number of nitrogens with zero attached hydrogens (tertiary/aromatic N) is 2. The summed E-state index contributed by atoms with van der Waals surface area (Å²) in [7, 11) is 0. The maximum absolute atomic E-state index is 12.7. The predicted molar refractivity (Wildman–Crippen MR) is 90.1 cm³/mol. The minimum absolute atomic E-state index is 0.247. The SMILES string of the molecule is Cc1cc(C(=O)CN2C(=O)[C@@H](C)N(c3ccccc3)C2=O)c(C)[nH]1. The highest BCUT2D eigenvalue weighted by atomic mass is 16.2. The number of imide groups is 1. The molecule has 3 amide bonds. The van der Waals surface area contributed by atoms with Gasteiger partial charge in [-0.3, -0.25) is 19.4 Å². The molecule has 1 saturated heterocycles. The van der Waals surface area contributed by atoms with E-state index in [1.54, 1.807) is 44.2 Å². The lowest BCUT2D eigenvalue weighted by Gasteiger charge is -2.19. The van der Waals surface area contributed by atoms with Crippen LogP contribution in [0.2, 0.25) is 0 Å². The number of anilines is 1. The molecule has 0 saturated carbocycles. The summed E-state index contributed by atoms with van der Waals surface area (Å²) in [4.78, 5) is 43.1. The molecule has 2 aromatic rings. The molecule has 2 heterocycles. The van der Waals surface area contributed by atoms with Crippen LogP contribution < -0.4 is 4.90 Å². The second kappa shape index (κ2) is 5.96. The van der Waals surface area contributed by atoms with Crippen molar-refractivity contribution in [2.45, 2.75) is 26.8 Å². The van der Waals surface area contributed by atoms with Crippen molar-refractivity contribution in [1.29, 1.82) is 0 Å². The first kappa shape index (κ1) is 16.0. The Balaban J connectivity index is 1.84. The van der Waals surface area contributed by atoms with Gasteiger partial charge in [-0.25, -0.2) is 4.79 Å². The number of H-pyrrole nitrogens is 1. The largest absolute Gasteiger partial charge is 0.362 e. The Morgan fingerprint density at radius 1 is 1.17 bits per heavy atom. The van der Waals surface area contributed by atoms with Gasteiger partial charge in [0.1, 0.15) is 6.04 Å². The average Bonchev–Trinajstić information content (AvgIpc) is 3.00. The van der Waals surface area contributed by atoms with E-state index in [-0.39, 0.29) is 18.2 Å². The van der Waals surface area contributed by atoms with E-state index in [1.165, 1.54) is 4.90 Å². The molecule has 1 aliphatic rings. The van der Waals surface area contributed by atoms with Crippen LogP contribution in [-0.2, 0) is 4.79 Å². The lowest BCUT2D eigenvalue weighted by Crippen LogP contribution is -2.37. The molecule has 3 rings (SSSR count). The van der Waals surface area contributed by atoms with Crippen molar-refractivity contribution in [3.05, 3.63) is 53.3 Å². The van der Waals surface area contributed by atoms with Gasteiger partial charge in [-0.2, -0.15) is 0 Å². The summed E-state index contributed by atoms with van der Waals surface area (Å²) in [6.45, 7) is 5.08. The molecule has 24 heavy (non-hydrogen) atoms. The lowest BCUT2D eigenvalue weighted by atomic mass is 10.1. The molecular formula is C18H19N3O3. The van der Waals surface area contributed by atoms with E-state index < -0.39 is 12.1 Å². The van der Waals surface area contributed by atoms with E-state index in [0.29, 0.717) is 11.3 Å². The molecule has 0 bridgehead atoms. The molecule has 0 radical (unpaired) electrons. The van der Waals surface area contributed by atoms with Crippen LogP contribution >= 0.6 is 0 Å². The maximum atomic E-state index is 12.7. The third-order valence-electron chi connectivity index (χ3n) is 4.23. The fourth-order valence-electron chi connectivity index (χ4n) is 3.04. The molecule has 1 atom stereocenters. The van der Waals surface area contributed by atoms with Gasteiger partial charge in [-0.05, 0) is 39.0 Å². The Kier molecular flexibility index (Phi) is 3.97. The fourth-order valence-corrected chi connectivity index (χ4v) is 3.04. The second-order valence-corrected chi connectivity index (χ2v) is 6.00. The van der Waals surface area contributed by atoms with Gasteiger partial charge < -0.3 is 4.98 Å². The molecule has 0 unspecified atom stereocenters. The maximum Gasteiger partial charge on any atom is 0.332 e. The topological polar surface area (TPSA) is 73.5 Å². The van der Waals surface area contributed by atoms with Gasteiger partial charge in [0.25, 0.3) is 5.91 Å². The number of amides is 3. The summed E-state index contributed by atoms with van der Waals surface area (Å²) in [6.07, 6.45) is 0. The zero-order chi connectivity index (χ0) is 17.4. The van der Waals surface area contributed by atoms with Crippen LogP contribution in [0.4, 0.5) is 10.5 Å². The number of hydrogen-bond acceptors (Lipinski definition) is 3. The van der Waals surface area contributed by atoms with Crippen molar-refractivity contribution in [1.82, 2.24) is 9.88 Å². The summed E-state index contributed by atoms with van der Waals surface area (Å²) in [5.74, 6) is -0.609. The summed E-state index contributed by atoms with van der Waals surface area (Å²) >= 11 is 0. The second-order valence-electron chi connectivity index (χ2n) is 6.00. The number of benzene rings is 1. The van der Waals surface area contributed by atoms with Gasteiger partial charge in [-0.1, -0.05) is 18.2 Å². The van der Waals surface area contributed by atoms with Gasteiger partial charge >= 0.3 is 6.03 Å². The molecule has 1 fully saturated rings. The summed E-state index contributed by atoms with van der Waals surface area (Å²) in [5, 5.41) is 0. The van der Waals surface area contributed by atoms with Crippen LogP contribution in [0.5, 0.6) is 0 Å². The molecule has 1 aromatic heterocycles.